The van der Waals surface area contributed by atoms with Gasteiger partial charge in [-0.3, -0.25) is 9.36 Å². The molecule has 7 aromatic rings. The maximum absolute atomic E-state index is 15.8. The molecule has 4 nitrogen and oxygen atoms in total. The molecule has 0 N–H and O–H groups in total. The van der Waals surface area contributed by atoms with Crippen molar-refractivity contribution >= 4 is 11.6 Å². The molecule has 0 amide bonds. The van der Waals surface area contributed by atoms with E-state index in [0.717, 1.165) is 101 Å². The topological polar surface area (TPSA) is 40.5 Å². The second-order valence-corrected chi connectivity index (χ2v) is 16.0. The number of hydrogen-bond donors (Lipinski definition) is 0. The van der Waals surface area contributed by atoms with Gasteiger partial charge in [-0.15, -0.1) is 0 Å². The highest BCUT2D eigenvalue weighted by Gasteiger charge is 2.31. The Bertz CT molecular complexity index is 2750. The third-order valence-corrected chi connectivity index (χ3v) is 10.8. The minimum atomic E-state index is -0.112. The highest BCUT2D eigenvalue weighted by atomic mass is 16.5. The van der Waals surface area contributed by atoms with Crippen molar-refractivity contribution in [2.45, 2.75) is 62.0 Å². The fourth-order valence-electron chi connectivity index (χ4n) is 8.88. The predicted octanol–water partition coefficient (Wildman–Crippen LogP) is 12.8. The molecule has 0 spiro atoms. The normalized spacial score (nSPS) is 12.2. The summed E-state index contributed by atoms with van der Waals surface area (Å²) < 4.78 is 14.3. The summed E-state index contributed by atoms with van der Waals surface area (Å²) in [5.74, 6) is 1.48. The van der Waals surface area contributed by atoms with Gasteiger partial charge < -0.3 is 9.47 Å². The largest absolute Gasteiger partial charge is 0.497 e. The molecule has 284 valence electrons. The Morgan fingerprint density at radius 3 is 1.75 bits per heavy atom. The van der Waals surface area contributed by atoms with Crippen molar-refractivity contribution in [1.29, 1.82) is 0 Å². The van der Waals surface area contributed by atoms with Crippen molar-refractivity contribution in [3.63, 3.8) is 0 Å². The molecule has 0 unspecified atom stereocenters. The molecule has 0 aliphatic carbocycles. The van der Waals surface area contributed by atoms with E-state index < -0.39 is 0 Å². The van der Waals surface area contributed by atoms with Gasteiger partial charge in [0, 0.05) is 22.3 Å². The second-order valence-electron chi connectivity index (χ2n) is 16.0. The number of rotatable bonds is 7. The van der Waals surface area contributed by atoms with E-state index in [2.05, 4.69) is 152 Å². The Kier molecular flexibility index (Phi) is 9.83. The smallest absolute Gasteiger partial charge is 0.262 e. The van der Waals surface area contributed by atoms with Crippen LogP contribution >= 0.6 is 0 Å². The molecule has 0 fully saturated rings. The first-order valence-corrected chi connectivity index (χ1v) is 19.7. The first-order chi connectivity index (χ1) is 27.4. The van der Waals surface area contributed by atoms with Crippen molar-refractivity contribution in [2.24, 2.45) is 0 Å². The molecule has 2 heterocycles. The zero-order valence-corrected chi connectivity index (χ0v) is 34.4. The van der Waals surface area contributed by atoms with Gasteiger partial charge in [0.1, 0.15) is 18.1 Å². The standard InChI is InChI=1S/C53H49NO3/c1-31-16-32(2)21-39(20-31)28-45(40-22-33(3)17-34(4)23-40)46-29-43(56-9)14-15-48(46)54-52(42-26-37(7)19-38(8)27-42)50(41-24-35(5)18-36(6)25-41)51-44-12-10-11-13-49(44)57-30-47(51)53(54)55/h10-29H,30H2,1-9H3/b45-28+. The summed E-state index contributed by atoms with van der Waals surface area (Å²) in [4.78, 5) is 15.8. The van der Waals surface area contributed by atoms with E-state index in [1.165, 1.54) is 11.1 Å². The van der Waals surface area contributed by atoms with Gasteiger partial charge in [-0.1, -0.05) is 123 Å². The molecule has 4 heteroatoms. The van der Waals surface area contributed by atoms with Gasteiger partial charge in [0.05, 0.1) is 24.1 Å². The summed E-state index contributed by atoms with van der Waals surface area (Å²) in [7, 11) is 1.70. The lowest BCUT2D eigenvalue weighted by atomic mass is 9.84. The Morgan fingerprint density at radius 1 is 0.614 bits per heavy atom. The Hall–Kier alpha value is -6.39. The lowest BCUT2D eigenvalue weighted by Crippen LogP contribution is -2.29. The number of ether oxygens (including phenoxy) is 2. The summed E-state index contributed by atoms with van der Waals surface area (Å²) in [6.07, 6.45) is 2.26. The molecular weight excluding hydrogens is 699 g/mol. The van der Waals surface area contributed by atoms with Crippen LogP contribution in [-0.4, -0.2) is 11.7 Å². The van der Waals surface area contributed by atoms with Crippen LogP contribution in [0, 0.1) is 55.4 Å². The zero-order valence-electron chi connectivity index (χ0n) is 34.4. The minimum absolute atomic E-state index is 0.112. The van der Waals surface area contributed by atoms with Crippen LogP contribution in [0.25, 0.3) is 50.8 Å². The van der Waals surface area contributed by atoms with Crippen LogP contribution in [0.3, 0.4) is 0 Å². The second kappa shape index (κ2) is 14.9. The van der Waals surface area contributed by atoms with Crippen LogP contribution in [0.4, 0.5) is 0 Å². The molecule has 8 rings (SSSR count). The number of benzene rings is 6. The van der Waals surface area contributed by atoms with Crippen LogP contribution in [0.1, 0.15) is 66.8 Å². The van der Waals surface area contributed by atoms with Gasteiger partial charge in [0.25, 0.3) is 5.56 Å². The molecule has 0 radical (unpaired) electrons. The van der Waals surface area contributed by atoms with E-state index in [4.69, 9.17) is 9.47 Å². The monoisotopic (exact) mass is 747 g/mol. The van der Waals surface area contributed by atoms with E-state index in [1.807, 2.05) is 28.8 Å². The number of hydrogen-bond acceptors (Lipinski definition) is 3. The molecule has 0 atom stereocenters. The number of pyridine rings is 1. The van der Waals surface area contributed by atoms with E-state index >= 15 is 4.79 Å². The third-order valence-electron chi connectivity index (χ3n) is 10.8. The Labute approximate surface area is 336 Å². The summed E-state index contributed by atoms with van der Waals surface area (Å²) in [6, 6.07) is 40.8. The quantitative estimate of drug-likeness (QED) is 0.152. The average Bonchev–Trinajstić information content (AvgIpc) is 3.15. The lowest BCUT2D eigenvalue weighted by Gasteiger charge is -2.29. The average molecular weight is 748 g/mol. The maximum atomic E-state index is 15.8. The molecule has 0 saturated carbocycles. The van der Waals surface area contributed by atoms with Gasteiger partial charge in [-0.05, 0) is 126 Å². The van der Waals surface area contributed by atoms with Gasteiger partial charge in [0.15, 0.2) is 0 Å². The van der Waals surface area contributed by atoms with Crippen LogP contribution in [0.2, 0.25) is 0 Å². The summed E-state index contributed by atoms with van der Waals surface area (Å²) in [6.45, 7) is 17.2. The summed E-state index contributed by atoms with van der Waals surface area (Å²) in [5, 5.41) is 0. The van der Waals surface area contributed by atoms with Gasteiger partial charge in [0.2, 0.25) is 0 Å². The molecule has 57 heavy (non-hydrogen) atoms. The van der Waals surface area contributed by atoms with Gasteiger partial charge >= 0.3 is 0 Å². The number of aryl methyl sites for hydroxylation is 8. The van der Waals surface area contributed by atoms with E-state index in [-0.39, 0.29) is 12.2 Å². The van der Waals surface area contributed by atoms with Crippen molar-refractivity contribution < 1.29 is 9.47 Å². The number of para-hydroxylation sites is 1. The minimum Gasteiger partial charge on any atom is -0.497 e. The number of aromatic nitrogens is 1. The van der Waals surface area contributed by atoms with Gasteiger partial charge in [-0.25, -0.2) is 0 Å². The first kappa shape index (κ1) is 37.5. The number of nitrogens with zero attached hydrogens (tertiary/aromatic N) is 1. The first-order valence-electron chi connectivity index (χ1n) is 19.7. The van der Waals surface area contributed by atoms with Crippen molar-refractivity contribution in [1.82, 2.24) is 4.57 Å². The van der Waals surface area contributed by atoms with E-state index in [9.17, 15) is 0 Å². The summed E-state index contributed by atoms with van der Waals surface area (Å²) >= 11 is 0. The highest BCUT2D eigenvalue weighted by Crippen LogP contribution is 2.48. The van der Waals surface area contributed by atoms with Crippen LogP contribution in [0.5, 0.6) is 11.5 Å². The van der Waals surface area contributed by atoms with Crippen LogP contribution in [-0.2, 0) is 6.61 Å². The highest BCUT2D eigenvalue weighted by molar-refractivity contribution is 5.99. The zero-order chi connectivity index (χ0) is 40.1. The SMILES string of the molecule is COc1ccc(-n2c(-c3cc(C)cc(C)c3)c(-c3cc(C)cc(C)c3)c3c(c2=O)COc2ccccc2-3)c(/C(=C/c2cc(C)cc(C)c2)c2cc(C)cc(C)c2)c1. The predicted molar refractivity (Wildman–Crippen MR) is 237 cm³/mol. The van der Waals surface area contributed by atoms with Crippen molar-refractivity contribution in [2.75, 3.05) is 7.11 Å². The van der Waals surface area contributed by atoms with Crippen molar-refractivity contribution in [3.05, 3.63) is 192 Å². The lowest BCUT2D eigenvalue weighted by molar-refractivity contribution is 0.300. The van der Waals surface area contributed by atoms with Crippen LogP contribution < -0.4 is 15.0 Å². The van der Waals surface area contributed by atoms with E-state index in [0.29, 0.717) is 11.3 Å². The Balaban J connectivity index is 1.59. The fraction of sp³-hybridized carbons (Fsp3) is 0.189. The van der Waals surface area contributed by atoms with E-state index in [1.54, 1.807) is 7.11 Å². The fourth-order valence-corrected chi connectivity index (χ4v) is 8.88. The molecule has 0 bridgehead atoms. The Morgan fingerprint density at radius 2 is 1.16 bits per heavy atom. The maximum Gasteiger partial charge on any atom is 0.262 e. The van der Waals surface area contributed by atoms with Gasteiger partial charge in [-0.2, -0.15) is 0 Å². The number of fused-ring (bicyclic) bond motifs is 3. The molecule has 1 aliphatic heterocycles. The summed E-state index contributed by atoms with van der Waals surface area (Å²) in [5.41, 5.74) is 20.3. The molecular formula is C53H49NO3. The molecule has 1 aliphatic rings. The molecule has 1 aromatic heterocycles. The van der Waals surface area contributed by atoms with Crippen LogP contribution in [0.15, 0.2) is 120 Å². The third kappa shape index (κ3) is 7.24. The number of methoxy groups -OCH3 is 1. The molecule has 6 aromatic carbocycles. The molecule has 0 saturated heterocycles. The van der Waals surface area contributed by atoms with Crippen molar-refractivity contribution in [3.8, 4) is 50.7 Å².